The van der Waals surface area contributed by atoms with E-state index in [1.54, 1.807) is 0 Å². The zero-order chi connectivity index (χ0) is 12.8. The van der Waals surface area contributed by atoms with Crippen molar-refractivity contribution in [3.05, 3.63) is 30.3 Å². The van der Waals surface area contributed by atoms with Crippen molar-refractivity contribution < 1.29 is 4.79 Å². The number of amides is 1. The lowest BCUT2D eigenvalue weighted by Crippen LogP contribution is -2.22. The number of para-hydroxylation sites is 1. The highest BCUT2D eigenvalue weighted by Gasteiger charge is 2.22. The molecule has 2 rings (SSSR count). The fourth-order valence-corrected chi connectivity index (χ4v) is 2.90. The van der Waals surface area contributed by atoms with Crippen LogP contribution in [0, 0.1) is 11.8 Å². The van der Waals surface area contributed by atoms with E-state index in [1.807, 2.05) is 30.3 Å². The van der Waals surface area contributed by atoms with Crippen molar-refractivity contribution in [3.63, 3.8) is 0 Å². The van der Waals surface area contributed by atoms with Crippen LogP contribution in [0.25, 0.3) is 0 Å². The Morgan fingerprint density at radius 1 is 1.22 bits per heavy atom. The molecule has 2 heteroatoms. The number of anilines is 1. The predicted octanol–water partition coefficient (Wildman–Crippen LogP) is 4.23. The first-order chi connectivity index (χ1) is 8.75. The Balaban J connectivity index is 1.79. The number of carbonyl (C=O) groups excluding carboxylic acids is 1. The number of benzene rings is 1. The SMILES string of the molecule is CC(CC(=O)Nc1ccccc1)C1CCCCC1. The quantitative estimate of drug-likeness (QED) is 0.845. The van der Waals surface area contributed by atoms with E-state index < -0.39 is 0 Å². The van der Waals surface area contributed by atoms with Gasteiger partial charge in [0.15, 0.2) is 0 Å². The van der Waals surface area contributed by atoms with Crippen molar-refractivity contribution in [2.24, 2.45) is 11.8 Å². The van der Waals surface area contributed by atoms with Gasteiger partial charge in [-0.05, 0) is 24.0 Å². The number of hydrogen-bond acceptors (Lipinski definition) is 1. The van der Waals surface area contributed by atoms with Gasteiger partial charge in [0.05, 0.1) is 0 Å². The first-order valence-electron chi connectivity index (χ1n) is 7.10. The smallest absolute Gasteiger partial charge is 0.224 e. The number of carbonyl (C=O) groups is 1. The molecule has 1 unspecified atom stereocenters. The summed E-state index contributed by atoms with van der Waals surface area (Å²) in [5.41, 5.74) is 0.901. The van der Waals surface area contributed by atoms with Gasteiger partial charge >= 0.3 is 0 Å². The van der Waals surface area contributed by atoms with Crippen molar-refractivity contribution in [2.75, 3.05) is 5.32 Å². The second-order valence-corrected chi connectivity index (χ2v) is 5.49. The Hall–Kier alpha value is -1.31. The Morgan fingerprint density at radius 2 is 1.89 bits per heavy atom. The maximum atomic E-state index is 12.0. The molecule has 0 spiro atoms. The largest absolute Gasteiger partial charge is 0.326 e. The van der Waals surface area contributed by atoms with E-state index in [4.69, 9.17) is 0 Å². The van der Waals surface area contributed by atoms with Gasteiger partial charge in [-0.25, -0.2) is 0 Å². The third-order valence-corrected chi connectivity index (χ3v) is 4.02. The van der Waals surface area contributed by atoms with Gasteiger partial charge in [0.1, 0.15) is 0 Å². The molecule has 98 valence electrons. The molecule has 1 saturated carbocycles. The van der Waals surface area contributed by atoms with Crippen molar-refractivity contribution in [1.29, 1.82) is 0 Å². The van der Waals surface area contributed by atoms with Crippen LogP contribution in [0.4, 0.5) is 5.69 Å². The second kappa shape index (κ2) is 6.58. The van der Waals surface area contributed by atoms with Crippen molar-refractivity contribution in [2.45, 2.75) is 45.4 Å². The van der Waals surface area contributed by atoms with E-state index in [2.05, 4.69) is 12.2 Å². The summed E-state index contributed by atoms with van der Waals surface area (Å²) in [6.07, 6.45) is 7.32. The lowest BCUT2D eigenvalue weighted by molar-refractivity contribution is -0.117. The number of hydrogen-bond donors (Lipinski definition) is 1. The summed E-state index contributed by atoms with van der Waals surface area (Å²) in [6, 6.07) is 9.72. The molecule has 0 radical (unpaired) electrons. The summed E-state index contributed by atoms with van der Waals surface area (Å²) < 4.78 is 0. The second-order valence-electron chi connectivity index (χ2n) is 5.49. The van der Waals surface area contributed by atoms with Crippen LogP contribution in [0.2, 0.25) is 0 Å². The first-order valence-corrected chi connectivity index (χ1v) is 7.10. The maximum absolute atomic E-state index is 12.0. The van der Waals surface area contributed by atoms with Crippen LogP contribution < -0.4 is 5.32 Å². The highest BCUT2D eigenvalue weighted by Crippen LogP contribution is 2.31. The van der Waals surface area contributed by atoms with Crippen LogP contribution in [0.3, 0.4) is 0 Å². The molecule has 0 aromatic heterocycles. The summed E-state index contributed by atoms with van der Waals surface area (Å²) in [5.74, 6) is 1.41. The summed E-state index contributed by atoms with van der Waals surface area (Å²) in [5, 5.41) is 2.97. The predicted molar refractivity (Wildman–Crippen MR) is 75.4 cm³/mol. The van der Waals surface area contributed by atoms with Crippen LogP contribution >= 0.6 is 0 Å². The molecule has 1 atom stereocenters. The molecule has 1 amide bonds. The van der Waals surface area contributed by atoms with Gasteiger partial charge in [0.25, 0.3) is 0 Å². The van der Waals surface area contributed by atoms with E-state index in [-0.39, 0.29) is 5.91 Å². The molecule has 2 nitrogen and oxygen atoms in total. The Morgan fingerprint density at radius 3 is 2.56 bits per heavy atom. The van der Waals surface area contributed by atoms with Gasteiger partial charge in [0, 0.05) is 12.1 Å². The zero-order valence-electron chi connectivity index (χ0n) is 11.2. The molecule has 0 aliphatic heterocycles. The third-order valence-electron chi connectivity index (χ3n) is 4.02. The van der Waals surface area contributed by atoms with Gasteiger partial charge < -0.3 is 5.32 Å². The molecule has 0 saturated heterocycles. The Kier molecular flexibility index (Phi) is 4.80. The molecule has 1 fully saturated rings. The zero-order valence-corrected chi connectivity index (χ0v) is 11.2. The van der Waals surface area contributed by atoms with Gasteiger partial charge in [-0.3, -0.25) is 4.79 Å². The Labute approximate surface area is 110 Å². The van der Waals surface area contributed by atoms with Crippen LogP contribution in [-0.2, 0) is 4.79 Å². The molecule has 1 aromatic carbocycles. The van der Waals surface area contributed by atoms with E-state index in [9.17, 15) is 4.79 Å². The van der Waals surface area contributed by atoms with Gasteiger partial charge in [-0.1, -0.05) is 57.2 Å². The maximum Gasteiger partial charge on any atom is 0.224 e. The fourth-order valence-electron chi connectivity index (χ4n) is 2.90. The van der Waals surface area contributed by atoms with E-state index in [0.29, 0.717) is 12.3 Å². The van der Waals surface area contributed by atoms with Crippen LogP contribution in [-0.4, -0.2) is 5.91 Å². The third kappa shape index (κ3) is 3.86. The highest BCUT2D eigenvalue weighted by atomic mass is 16.1. The number of rotatable bonds is 4. The van der Waals surface area contributed by atoms with Gasteiger partial charge in [-0.2, -0.15) is 0 Å². The molecule has 18 heavy (non-hydrogen) atoms. The molecule has 1 aromatic rings. The monoisotopic (exact) mass is 245 g/mol. The lowest BCUT2D eigenvalue weighted by atomic mass is 9.79. The molecule has 0 heterocycles. The van der Waals surface area contributed by atoms with Gasteiger partial charge in [-0.15, -0.1) is 0 Å². The minimum absolute atomic E-state index is 0.152. The minimum atomic E-state index is 0.152. The minimum Gasteiger partial charge on any atom is -0.326 e. The van der Waals surface area contributed by atoms with E-state index >= 15 is 0 Å². The van der Waals surface area contributed by atoms with Crippen molar-refractivity contribution in [3.8, 4) is 0 Å². The van der Waals surface area contributed by atoms with Crippen LogP contribution in [0.15, 0.2) is 30.3 Å². The molecular weight excluding hydrogens is 222 g/mol. The first kappa shape index (κ1) is 13.1. The van der Waals surface area contributed by atoms with Crippen molar-refractivity contribution in [1.82, 2.24) is 0 Å². The standard InChI is InChI=1S/C16H23NO/c1-13(14-8-4-2-5-9-14)12-16(18)17-15-10-6-3-7-11-15/h3,6-7,10-11,13-14H,2,4-5,8-9,12H2,1H3,(H,17,18). The molecule has 1 N–H and O–H groups in total. The molecule has 1 aliphatic carbocycles. The lowest BCUT2D eigenvalue weighted by Gasteiger charge is -2.27. The van der Waals surface area contributed by atoms with Crippen molar-refractivity contribution >= 4 is 11.6 Å². The average Bonchev–Trinajstić information content (AvgIpc) is 2.40. The van der Waals surface area contributed by atoms with Gasteiger partial charge in [0.2, 0.25) is 5.91 Å². The normalized spacial score (nSPS) is 18.3. The summed E-state index contributed by atoms with van der Waals surface area (Å²) in [7, 11) is 0. The fraction of sp³-hybridized carbons (Fsp3) is 0.562. The highest BCUT2D eigenvalue weighted by molar-refractivity contribution is 5.90. The molecule has 0 bridgehead atoms. The van der Waals surface area contributed by atoms with E-state index in [0.717, 1.165) is 11.6 Å². The van der Waals surface area contributed by atoms with Crippen LogP contribution in [0.1, 0.15) is 45.4 Å². The molecular formula is C16H23NO. The molecule has 1 aliphatic rings. The topological polar surface area (TPSA) is 29.1 Å². The van der Waals surface area contributed by atoms with Crippen LogP contribution in [0.5, 0.6) is 0 Å². The summed E-state index contributed by atoms with van der Waals surface area (Å²) >= 11 is 0. The summed E-state index contributed by atoms with van der Waals surface area (Å²) in [6.45, 7) is 2.22. The summed E-state index contributed by atoms with van der Waals surface area (Å²) in [4.78, 5) is 12.0. The number of nitrogens with one attached hydrogen (secondary N) is 1. The average molecular weight is 245 g/mol. The van der Waals surface area contributed by atoms with E-state index in [1.165, 1.54) is 32.1 Å². The Bertz CT molecular complexity index is 368.